The second-order valence-electron chi connectivity index (χ2n) is 6.55. The molecule has 0 aromatic heterocycles. The lowest BCUT2D eigenvalue weighted by Gasteiger charge is -2.16. The zero-order valence-electron chi connectivity index (χ0n) is 14.6. The van der Waals surface area contributed by atoms with Crippen LogP contribution in [0.4, 0.5) is 9.59 Å². The van der Waals surface area contributed by atoms with Gasteiger partial charge in [0.1, 0.15) is 6.54 Å². The second-order valence-corrected chi connectivity index (χ2v) is 6.55. The van der Waals surface area contributed by atoms with Crippen LogP contribution in [-0.4, -0.2) is 52.2 Å². The minimum atomic E-state index is -1.08. The van der Waals surface area contributed by atoms with Gasteiger partial charge in [0.2, 0.25) is 5.91 Å². The minimum absolute atomic E-state index is 0.0239. The maximum absolute atomic E-state index is 12.4. The lowest BCUT2D eigenvalue weighted by atomic mass is 10.2. The normalized spacial score (nSPS) is 17.6. The van der Waals surface area contributed by atoms with Gasteiger partial charge in [0.25, 0.3) is 0 Å². The summed E-state index contributed by atoms with van der Waals surface area (Å²) in [5.74, 6) is -2.91. The molecule has 1 saturated heterocycles. The van der Waals surface area contributed by atoms with Crippen molar-refractivity contribution in [2.24, 2.45) is 0 Å². The van der Waals surface area contributed by atoms with E-state index < -0.39 is 36.3 Å². The molecule has 3 rings (SSSR count). The van der Waals surface area contributed by atoms with Gasteiger partial charge >= 0.3 is 23.9 Å². The van der Waals surface area contributed by atoms with Gasteiger partial charge < -0.3 is 5.32 Å². The summed E-state index contributed by atoms with van der Waals surface area (Å²) in [6.45, 7) is -0.753. The quantitative estimate of drug-likeness (QED) is 0.584. The first-order valence-corrected chi connectivity index (χ1v) is 8.77. The van der Waals surface area contributed by atoms with Crippen molar-refractivity contribution in [3.05, 3.63) is 35.9 Å². The molecule has 7 amide bonds. The lowest BCUT2D eigenvalue weighted by Crippen LogP contribution is -2.48. The number of carbonyl (C=O) groups excluding carboxylic acids is 5. The van der Waals surface area contributed by atoms with Gasteiger partial charge in [0, 0.05) is 6.04 Å². The van der Waals surface area contributed by atoms with Gasteiger partial charge in [-0.1, -0.05) is 43.2 Å². The molecule has 0 radical (unpaired) electrons. The van der Waals surface area contributed by atoms with Crippen molar-refractivity contribution in [3.63, 3.8) is 0 Å². The van der Waals surface area contributed by atoms with E-state index in [9.17, 15) is 24.0 Å². The van der Waals surface area contributed by atoms with Crippen LogP contribution in [0.1, 0.15) is 31.2 Å². The largest absolute Gasteiger partial charge is 0.335 e. The van der Waals surface area contributed by atoms with Gasteiger partial charge in [0.15, 0.2) is 0 Å². The number of carbonyl (C=O) groups is 5. The van der Waals surface area contributed by atoms with Crippen molar-refractivity contribution in [2.45, 2.75) is 38.3 Å². The number of nitrogens with one attached hydrogen (secondary N) is 2. The second kappa shape index (κ2) is 7.98. The number of rotatable bonds is 5. The Bertz CT molecular complexity index is 773. The molecule has 1 aromatic rings. The smallest absolute Gasteiger partial charge is 0.335 e. The van der Waals surface area contributed by atoms with Crippen LogP contribution in [0.3, 0.4) is 0 Å². The van der Waals surface area contributed by atoms with E-state index in [-0.39, 0.29) is 12.6 Å². The monoisotopic (exact) mass is 372 g/mol. The highest BCUT2D eigenvalue weighted by atomic mass is 16.2. The van der Waals surface area contributed by atoms with Crippen LogP contribution in [0.15, 0.2) is 30.3 Å². The number of benzene rings is 1. The first-order chi connectivity index (χ1) is 13.0. The molecule has 2 fully saturated rings. The predicted molar refractivity (Wildman–Crippen MR) is 93.0 cm³/mol. The minimum Gasteiger partial charge on any atom is -0.335 e. The van der Waals surface area contributed by atoms with E-state index in [4.69, 9.17) is 0 Å². The summed E-state index contributed by atoms with van der Waals surface area (Å²) < 4.78 is 0. The Morgan fingerprint density at radius 3 is 2.26 bits per heavy atom. The molecule has 27 heavy (non-hydrogen) atoms. The average molecular weight is 372 g/mol. The first-order valence-electron chi connectivity index (χ1n) is 8.77. The molecule has 1 saturated carbocycles. The summed E-state index contributed by atoms with van der Waals surface area (Å²) >= 11 is 0. The summed E-state index contributed by atoms with van der Waals surface area (Å²) in [4.78, 5) is 61.6. The van der Waals surface area contributed by atoms with Gasteiger partial charge in [0.05, 0.1) is 6.54 Å². The molecule has 0 bridgehead atoms. The fourth-order valence-electron chi connectivity index (χ4n) is 3.20. The molecular weight excluding hydrogens is 352 g/mol. The summed E-state index contributed by atoms with van der Waals surface area (Å²) in [5.41, 5.74) is 0.675. The van der Waals surface area contributed by atoms with Crippen molar-refractivity contribution in [1.29, 1.82) is 0 Å². The number of amides is 7. The summed E-state index contributed by atoms with van der Waals surface area (Å²) in [6.07, 6.45) is 3.76. The molecule has 2 aliphatic rings. The van der Waals surface area contributed by atoms with Gasteiger partial charge in [-0.2, -0.15) is 0 Å². The van der Waals surface area contributed by atoms with E-state index in [1.807, 2.05) is 0 Å². The Kier molecular flexibility index (Phi) is 5.49. The molecule has 1 aromatic carbocycles. The number of hydrogen-bond acceptors (Lipinski definition) is 5. The first kappa shape index (κ1) is 18.6. The Balaban J connectivity index is 1.56. The molecule has 0 unspecified atom stereocenters. The van der Waals surface area contributed by atoms with Crippen LogP contribution in [0.5, 0.6) is 0 Å². The van der Waals surface area contributed by atoms with Crippen LogP contribution in [0, 0.1) is 0 Å². The third-order valence-corrected chi connectivity index (χ3v) is 4.56. The lowest BCUT2D eigenvalue weighted by molar-refractivity contribution is -0.144. The van der Waals surface area contributed by atoms with Crippen molar-refractivity contribution >= 4 is 29.8 Å². The number of hydrogen-bond donors (Lipinski definition) is 2. The highest BCUT2D eigenvalue weighted by molar-refractivity contribution is 6.45. The van der Waals surface area contributed by atoms with Crippen LogP contribution in [0.25, 0.3) is 0 Å². The van der Waals surface area contributed by atoms with E-state index in [0.29, 0.717) is 10.5 Å². The van der Waals surface area contributed by atoms with Crippen LogP contribution in [0.2, 0.25) is 0 Å². The molecule has 9 heteroatoms. The maximum atomic E-state index is 12.4. The highest BCUT2D eigenvalue weighted by Crippen LogP contribution is 2.17. The predicted octanol–water partition coefficient (Wildman–Crippen LogP) is 0.746. The zero-order valence-corrected chi connectivity index (χ0v) is 14.6. The summed E-state index contributed by atoms with van der Waals surface area (Å²) in [7, 11) is 0. The number of nitrogens with zero attached hydrogens (tertiary/aromatic N) is 2. The molecule has 0 spiro atoms. The Morgan fingerprint density at radius 1 is 0.963 bits per heavy atom. The SMILES string of the molecule is O=C(CN1C(=O)C(=O)N(Cc2ccccc2)C1=O)NC(=O)NC1CCCC1. The Labute approximate surface area is 155 Å². The van der Waals surface area contributed by atoms with Crippen LogP contribution >= 0.6 is 0 Å². The molecule has 1 heterocycles. The van der Waals surface area contributed by atoms with Crippen molar-refractivity contribution in [2.75, 3.05) is 6.54 Å². The molecule has 0 atom stereocenters. The van der Waals surface area contributed by atoms with Crippen LogP contribution < -0.4 is 10.6 Å². The van der Waals surface area contributed by atoms with Gasteiger partial charge in [-0.05, 0) is 18.4 Å². The third kappa shape index (κ3) is 4.30. The van der Waals surface area contributed by atoms with Crippen LogP contribution in [-0.2, 0) is 20.9 Å². The zero-order chi connectivity index (χ0) is 19.4. The van der Waals surface area contributed by atoms with Gasteiger partial charge in [-0.25, -0.2) is 14.5 Å². The van der Waals surface area contributed by atoms with E-state index >= 15 is 0 Å². The van der Waals surface area contributed by atoms with Crippen molar-refractivity contribution in [3.8, 4) is 0 Å². The molecule has 1 aliphatic carbocycles. The fourth-order valence-corrected chi connectivity index (χ4v) is 3.20. The third-order valence-electron chi connectivity index (χ3n) is 4.56. The van der Waals surface area contributed by atoms with E-state index in [1.54, 1.807) is 30.3 Å². The highest BCUT2D eigenvalue weighted by Gasteiger charge is 2.45. The topological polar surface area (TPSA) is 116 Å². The van der Waals surface area contributed by atoms with Crippen molar-refractivity contribution < 1.29 is 24.0 Å². The van der Waals surface area contributed by atoms with Gasteiger partial charge in [-0.3, -0.25) is 24.6 Å². The van der Waals surface area contributed by atoms with E-state index in [0.717, 1.165) is 30.6 Å². The van der Waals surface area contributed by atoms with Gasteiger partial charge in [-0.15, -0.1) is 0 Å². The number of urea groups is 2. The van der Waals surface area contributed by atoms with E-state index in [2.05, 4.69) is 10.6 Å². The Hall–Kier alpha value is -3.23. The van der Waals surface area contributed by atoms with Crippen molar-refractivity contribution in [1.82, 2.24) is 20.4 Å². The standard InChI is InChI=1S/C18H20N4O5/c23-14(20-17(26)19-13-8-4-5-9-13)11-22-16(25)15(24)21(18(22)27)10-12-6-2-1-3-7-12/h1-3,6-7,13H,4-5,8-11H2,(H2,19,20,23,26). The molecule has 1 aliphatic heterocycles. The molecule has 9 nitrogen and oxygen atoms in total. The Morgan fingerprint density at radius 2 is 1.59 bits per heavy atom. The summed E-state index contributed by atoms with van der Waals surface area (Å²) in [6, 6.07) is 7.19. The molecule has 2 N–H and O–H groups in total. The molecular formula is C18H20N4O5. The summed E-state index contributed by atoms with van der Waals surface area (Å²) in [5, 5.41) is 4.76. The average Bonchev–Trinajstić information content (AvgIpc) is 3.21. The maximum Gasteiger partial charge on any atom is 0.335 e. The molecule has 142 valence electrons. The van der Waals surface area contributed by atoms with E-state index in [1.165, 1.54) is 0 Å². The number of imide groups is 3. The fraction of sp³-hybridized carbons (Fsp3) is 0.389.